The van der Waals surface area contributed by atoms with Crippen LogP contribution in [0.3, 0.4) is 0 Å². The summed E-state index contributed by atoms with van der Waals surface area (Å²) in [5.74, 6) is 0.222. The fourth-order valence-electron chi connectivity index (χ4n) is 2.63. The van der Waals surface area contributed by atoms with E-state index in [1.807, 2.05) is 6.07 Å². The standard InChI is InChI=1S/C15H20N2O3S/c16-10-12-3-1-5-14(9-12)21(19,20)8-7-17-11-13-4-2-6-15(13)18/h1,3,5,9,13,15,17-18H,2,4,6-8,11H2. The first kappa shape index (κ1) is 16.0. The normalized spacial score (nSPS) is 22.1. The van der Waals surface area contributed by atoms with Crippen molar-refractivity contribution in [1.29, 1.82) is 5.26 Å². The zero-order valence-electron chi connectivity index (χ0n) is 11.8. The van der Waals surface area contributed by atoms with Crippen LogP contribution < -0.4 is 5.32 Å². The molecule has 114 valence electrons. The molecule has 1 aromatic carbocycles. The summed E-state index contributed by atoms with van der Waals surface area (Å²) >= 11 is 0. The van der Waals surface area contributed by atoms with E-state index in [-0.39, 0.29) is 22.7 Å². The van der Waals surface area contributed by atoms with E-state index in [0.717, 1.165) is 19.3 Å². The summed E-state index contributed by atoms with van der Waals surface area (Å²) in [5.41, 5.74) is 0.345. The Balaban J connectivity index is 1.85. The van der Waals surface area contributed by atoms with Crippen molar-refractivity contribution in [2.45, 2.75) is 30.3 Å². The Hall–Kier alpha value is -1.42. The van der Waals surface area contributed by atoms with E-state index in [9.17, 15) is 13.5 Å². The van der Waals surface area contributed by atoms with E-state index in [4.69, 9.17) is 5.26 Å². The Labute approximate surface area is 125 Å². The first-order chi connectivity index (χ1) is 10.0. The van der Waals surface area contributed by atoms with Crippen LogP contribution in [0.1, 0.15) is 24.8 Å². The monoisotopic (exact) mass is 308 g/mol. The zero-order chi connectivity index (χ0) is 15.3. The van der Waals surface area contributed by atoms with E-state index in [2.05, 4.69) is 5.32 Å². The predicted molar refractivity (Wildman–Crippen MR) is 79.4 cm³/mol. The lowest BCUT2D eigenvalue weighted by Crippen LogP contribution is -2.31. The van der Waals surface area contributed by atoms with Crippen molar-refractivity contribution in [3.63, 3.8) is 0 Å². The zero-order valence-corrected chi connectivity index (χ0v) is 12.6. The highest BCUT2D eigenvalue weighted by Crippen LogP contribution is 2.24. The lowest BCUT2D eigenvalue weighted by Gasteiger charge is -2.15. The molecule has 0 saturated heterocycles. The molecule has 2 atom stereocenters. The van der Waals surface area contributed by atoms with Crippen molar-refractivity contribution in [1.82, 2.24) is 5.32 Å². The van der Waals surface area contributed by atoms with Gasteiger partial charge in [-0.25, -0.2) is 8.42 Å². The molecule has 0 amide bonds. The molecule has 1 aliphatic carbocycles. The molecule has 0 spiro atoms. The molecule has 1 fully saturated rings. The van der Waals surface area contributed by atoms with Crippen LogP contribution in [-0.4, -0.2) is 38.5 Å². The molecule has 5 nitrogen and oxygen atoms in total. The van der Waals surface area contributed by atoms with Crippen molar-refractivity contribution in [2.75, 3.05) is 18.8 Å². The molecule has 21 heavy (non-hydrogen) atoms. The maximum Gasteiger partial charge on any atom is 0.179 e. The van der Waals surface area contributed by atoms with Gasteiger partial charge >= 0.3 is 0 Å². The Bertz CT molecular complexity index is 622. The number of rotatable bonds is 6. The summed E-state index contributed by atoms with van der Waals surface area (Å²) in [6.07, 6.45) is 2.60. The van der Waals surface area contributed by atoms with Crippen molar-refractivity contribution in [3.8, 4) is 6.07 Å². The Morgan fingerprint density at radius 3 is 2.86 bits per heavy atom. The van der Waals surface area contributed by atoms with Gasteiger partial charge in [-0.1, -0.05) is 12.5 Å². The second-order valence-corrected chi connectivity index (χ2v) is 7.53. The van der Waals surface area contributed by atoms with Gasteiger partial charge in [0.2, 0.25) is 0 Å². The fourth-order valence-corrected chi connectivity index (χ4v) is 3.87. The highest BCUT2D eigenvalue weighted by Gasteiger charge is 2.24. The average molecular weight is 308 g/mol. The molecular weight excluding hydrogens is 288 g/mol. The van der Waals surface area contributed by atoms with E-state index in [1.54, 1.807) is 12.1 Å². The van der Waals surface area contributed by atoms with Gasteiger partial charge in [0.15, 0.2) is 9.84 Å². The molecule has 0 aromatic heterocycles. The van der Waals surface area contributed by atoms with Gasteiger partial charge in [0.25, 0.3) is 0 Å². The third-order valence-corrected chi connectivity index (χ3v) is 5.61. The van der Waals surface area contributed by atoms with Crippen molar-refractivity contribution >= 4 is 9.84 Å². The van der Waals surface area contributed by atoms with E-state index < -0.39 is 9.84 Å². The fraction of sp³-hybridized carbons (Fsp3) is 0.533. The molecule has 1 aromatic rings. The lowest BCUT2D eigenvalue weighted by molar-refractivity contribution is 0.132. The van der Waals surface area contributed by atoms with Gasteiger partial charge < -0.3 is 10.4 Å². The number of nitrogens with one attached hydrogen (secondary N) is 1. The molecule has 0 heterocycles. The van der Waals surface area contributed by atoms with Gasteiger partial charge in [-0.15, -0.1) is 0 Å². The summed E-state index contributed by atoms with van der Waals surface area (Å²) in [6, 6.07) is 8.01. The molecule has 0 radical (unpaired) electrons. The van der Waals surface area contributed by atoms with Crippen LogP contribution in [0.15, 0.2) is 29.2 Å². The number of aliphatic hydroxyl groups excluding tert-OH is 1. The Morgan fingerprint density at radius 2 is 2.19 bits per heavy atom. The smallest absolute Gasteiger partial charge is 0.179 e. The quantitative estimate of drug-likeness (QED) is 0.768. The summed E-state index contributed by atoms with van der Waals surface area (Å²) in [6.45, 7) is 0.997. The molecule has 1 aliphatic rings. The molecule has 2 unspecified atom stereocenters. The van der Waals surface area contributed by atoms with Crippen molar-refractivity contribution in [2.24, 2.45) is 5.92 Å². The van der Waals surface area contributed by atoms with Gasteiger partial charge in [0.05, 0.1) is 28.4 Å². The van der Waals surface area contributed by atoms with Crippen LogP contribution in [0.25, 0.3) is 0 Å². The molecule has 0 bridgehead atoms. The Kier molecular flexibility index (Phi) is 5.34. The third-order valence-electron chi connectivity index (χ3n) is 3.90. The topological polar surface area (TPSA) is 90.2 Å². The number of hydrogen-bond donors (Lipinski definition) is 2. The molecule has 2 rings (SSSR count). The molecule has 2 N–H and O–H groups in total. The average Bonchev–Trinajstić information content (AvgIpc) is 2.89. The number of benzene rings is 1. The van der Waals surface area contributed by atoms with Crippen molar-refractivity contribution in [3.05, 3.63) is 29.8 Å². The van der Waals surface area contributed by atoms with Crippen LogP contribution in [0.4, 0.5) is 0 Å². The summed E-state index contributed by atoms with van der Waals surface area (Å²) < 4.78 is 24.3. The molecular formula is C15H20N2O3S. The van der Waals surface area contributed by atoms with E-state index >= 15 is 0 Å². The van der Waals surface area contributed by atoms with E-state index in [1.165, 1.54) is 12.1 Å². The van der Waals surface area contributed by atoms with Gasteiger partial charge in [-0.2, -0.15) is 5.26 Å². The first-order valence-electron chi connectivity index (χ1n) is 7.14. The van der Waals surface area contributed by atoms with Crippen LogP contribution in [0, 0.1) is 17.2 Å². The van der Waals surface area contributed by atoms with E-state index in [0.29, 0.717) is 18.7 Å². The third kappa shape index (κ3) is 4.27. The lowest BCUT2D eigenvalue weighted by atomic mass is 10.1. The number of sulfone groups is 1. The summed E-state index contributed by atoms with van der Waals surface area (Å²) in [4.78, 5) is 0.184. The summed E-state index contributed by atoms with van der Waals surface area (Å²) in [7, 11) is -3.38. The predicted octanol–water partition coefficient (Wildman–Crippen LogP) is 1.08. The second kappa shape index (κ2) is 7.03. The molecule has 6 heteroatoms. The van der Waals surface area contributed by atoms with Crippen LogP contribution in [0.2, 0.25) is 0 Å². The minimum atomic E-state index is -3.38. The van der Waals surface area contributed by atoms with Gasteiger partial charge in [-0.3, -0.25) is 0 Å². The summed E-state index contributed by atoms with van der Waals surface area (Å²) in [5, 5.41) is 21.6. The minimum absolute atomic E-state index is 0.00923. The van der Waals surface area contributed by atoms with Gasteiger partial charge in [-0.05, 0) is 37.0 Å². The highest BCUT2D eigenvalue weighted by molar-refractivity contribution is 7.91. The Morgan fingerprint density at radius 1 is 1.38 bits per heavy atom. The number of hydrogen-bond acceptors (Lipinski definition) is 5. The minimum Gasteiger partial charge on any atom is -0.393 e. The number of nitriles is 1. The number of nitrogens with zero attached hydrogens (tertiary/aromatic N) is 1. The molecule has 0 aliphatic heterocycles. The van der Waals surface area contributed by atoms with Crippen molar-refractivity contribution < 1.29 is 13.5 Å². The molecule has 1 saturated carbocycles. The largest absolute Gasteiger partial charge is 0.393 e. The second-order valence-electron chi connectivity index (χ2n) is 5.42. The number of aliphatic hydroxyl groups is 1. The highest BCUT2D eigenvalue weighted by atomic mass is 32.2. The van der Waals surface area contributed by atoms with Crippen LogP contribution in [-0.2, 0) is 9.84 Å². The van der Waals surface area contributed by atoms with Crippen LogP contribution >= 0.6 is 0 Å². The first-order valence-corrected chi connectivity index (χ1v) is 8.80. The van der Waals surface area contributed by atoms with Crippen LogP contribution in [0.5, 0.6) is 0 Å². The van der Waals surface area contributed by atoms with Gasteiger partial charge in [0, 0.05) is 13.1 Å². The van der Waals surface area contributed by atoms with Gasteiger partial charge in [0.1, 0.15) is 0 Å². The maximum atomic E-state index is 12.2. The SMILES string of the molecule is N#Cc1cccc(S(=O)(=O)CCNCC2CCCC2O)c1. The maximum absolute atomic E-state index is 12.2.